The van der Waals surface area contributed by atoms with Gasteiger partial charge in [0.1, 0.15) is 18.1 Å². The minimum absolute atomic E-state index is 0.0474. The standard InChI is InChI=1S/C20H32N6O7/c21-11(5-7-15(22)27)18(30)26-10-2-4-14(26)19(31)25-9-1-3-13(25)17(29)24-12(20(32)33)6-8-16(23)28/h11-14H,1-10,21H2,(H2,22,27)(H2,23,28)(H,24,29)(H,32,33). The van der Waals surface area contributed by atoms with Crippen LogP contribution in [-0.2, 0) is 28.8 Å². The summed E-state index contributed by atoms with van der Waals surface area (Å²) in [4.78, 5) is 74.9. The van der Waals surface area contributed by atoms with Crippen LogP contribution < -0.4 is 22.5 Å². The zero-order chi connectivity index (χ0) is 24.7. The van der Waals surface area contributed by atoms with Gasteiger partial charge in [0.2, 0.25) is 29.5 Å². The summed E-state index contributed by atoms with van der Waals surface area (Å²) in [6.07, 6.45) is 1.54. The van der Waals surface area contributed by atoms with Crippen molar-refractivity contribution in [1.29, 1.82) is 0 Å². The molecule has 2 fully saturated rings. The number of hydrogen-bond donors (Lipinski definition) is 5. The second kappa shape index (κ2) is 11.6. The van der Waals surface area contributed by atoms with Crippen LogP contribution in [0.5, 0.6) is 0 Å². The van der Waals surface area contributed by atoms with Crippen molar-refractivity contribution in [2.45, 2.75) is 75.5 Å². The van der Waals surface area contributed by atoms with Gasteiger partial charge in [0.05, 0.1) is 6.04 Å². The van der Waals surface area contributed by atoms with Crippen LogP contribution in [0.1, 0.15) is 51.4 Å². The third kappa shape index (κ3) is 6.88. The van der Waals surface area contributed by atoms with Gasteiger partial charge < -0.3 is 37.4 Å². The molecule has 2 aliphatic rings. The Hall–Kier alpha value is -3.22. The quantitative estimate of drug-likeness (QED) is 0.216. The van der Waals surface area contributed by atoms with E-state index in [4.69, 9.17) is 17.2 Å². The van der Waals surface area contributed by atoms with E-state index in [1.54, 1.807) is 0 Å². The second-order valence-corrected chi connectivity index (χ2v) is 8.40. The van der Waals surface area contributed by atoms with Gasteiger partial charge in [-0.25, -0.2) is 4.79 Å². The first-order chi connectivity index (χ1) is 15.5. The van der Waals surface area contributed by atoms with Crippen molar-refractivity contribution in [3.05, 3.63) is 0 Å². The summed E-state index contributed by atoms with van der Waals surface area (Å²) < 4.78 is 0. The summed E-state index contributed by atoms with van der Waals surface area (Å²) in [6, 6.07) is -3.94. The molecule has 0 bridgehead atoms. The number of nitrogens with two attached hydrogens (primary N) is 3. The molecule has 8 N–H and O–H groups in total. The number of amides is 5. The number of hydrogen-bond acceptors (Lipinski definition) is 7. The van der Waals surface area contributed by atoms with E-state index in [0.717, 1.165) is 0 Å². The molecule has 0 spiro atoms. The monoisotopic (exact) mass is 468 g/mol. The van der Waals surface area contributed by atoms with Crippen LogP contribution >= 0.6 is 0 Å². The Morgan fingerprint density at radius 3 is 2.00 bits per heavy atom. The number of nitrogens with one attached hydrogen (secondary N) is 1. The maximum atomic E-state index is 13.3. The molecule has 5 amide bonds. The zero-order valence-corrected chi connectivity index (χ0v) is 18.4. The van der Waals surface area contributed by atoms with Gasteiger partial charge in [-0.3, -0.25) is 24.0 Å². The van der Waals surface area contributed by atoms with Crippen LogP contribution in [0.2, 0.25) is 0 Å². The summed E-state index contributed by atoms with van der Waals surface area (Å²) in [5.41, 5.74) is 16.1. The van der Waals surface area contributed by atoms with Crippen LogP contribution in [-0.4, -0.2) is 87.7 Å². The highest BCUT2D eigenvalue weighted by molar-refractivity contribution is 5.95. The van der Waals surface area contributed by atoms with Crippen molar-refractivity contribution >= 4 is 35.5 Å². The number of likely N-dealkylation sites (tertiary alicyclic amines) is 2. The molecule has 0 aromatic carbocycles. The molecule has 0 saturated carbocycles. The van der Waals surface area contributed by atoms with Gasteiger partial charge in [0.15, 0.2) is 0 Å². The molecule has 33 heavy (non-hydrogen) atoms. The third-order valence-electron chi connectivity index (χ3n) is 5.97. The predicted octanol–water partition coefficient (Wildman–Crippen LogP) is -2.60. The SMILES string of the molecule is NC(=O)CCC(N)C(=O)N1CCCC1C(=O)N1CCCC1C(=O)NC(CCC(N)=O)C(=O)O. The van der Waals surface area contributed by atoms with Crippen LogP contribution in [0, 0.1) is 0 Å². The van der Waals surface area contributed by atoms with E-state index in [1.807, 2.05) is 0 Å². The third-order valence-corrected chi connectivity index (χ3v) is 5.97. The van der Waals surface area contributed by atoms with Gasteiger partial charge in [-0.15, -0.1) is 0 Å². The van der Waals surface area contributed by atoms with Crippen LogP contribution in [0.15, 0.2) is 0 Å². The molecule has 2 rings (SSSR count). The van der Waals surface area contributed by atoms with Crippen LogP contribution in [0.4, 0.5) is 0 Å². The van der Waals surface area contributed by atoms with Gasteiger partial charge in [-0.1, -0.05) is 0 Å². The molecule has 0 radical (unpaired) electrons. The van der Waals surface area contributed by atoms with Crippen molar-refractivity contribution in [3.63, 3.8) is 0 Å². The first-order valence-electron chi connectivity index (χ1n) is 11.0. The molecule has 2 heterocycles. The fourth-order valence-electron chi connectivity index (χ4n) is 4.23. The molecule has 4 unspecified atom stereocenters. The van der Waals surface area contributed by atoms with Gasteiger partial charge >= 0.3 is 5.97 Å². The van der Waals surface area contributed by atoms with Gasteiger partial charge in [0.25, 0.3) is 0 Å². The molecule has 0 aromatic rings. The predicted molar refractivity (Wildman–Crippen MR) is 114 cm³/mol. The summed E-state index contributed by atoms with van der Waals surface area (Å²) in [5, 5.41) is 11.7. The van der Waals surface area contributed by atoms with E-state index in [9.17, 15) is 33.9 Å². The Labute approximate surface area is 191 Å². The minimum Gasteiger partial charge on any atom is -0.480 e. The Balaban J connectivity index is 2.05. The smallest absolute Gasteiger partial charge is 0.326 e. The Morgan fingerprint density at radius 1 is 0.879 bits per heavy atom. The zero-order valence-electron chi connectivity index (χ0n) is 18.4. The van der Waals surface area contributed by atoms with Gasteiger partial charge in [0, 0.05) is 25.9 Å². The summed E-state index contributed by atoms with van der Waals surface area (Å²) >= 11 is 0. The molecular weight excluding hydrogens is 436 g/mol. The van der Waals surface area contributed by atoms with Crippen molar-refractivity contribution in [2.75, 3.05) is 13.1 Å². The first kappa shape index (κ1) is 26.0. The number of carboxylic acid groups (broad SMARTS) is 1. The molecule has 184 valence electrons. The average Bonchev–Trinajstić information content (AvgIpc) is 3.43. The fourth-order valence-corrected chi connectivity index (χ4v) is 4.23. The number of carboxylic acids is 1. The molecule has 13 nitrogen and oxygen atoms in total. The highest BCUT2D eigenvalue weighted by Crippen LogP contribution is 2.26. The van der Waals surface area contributed by atoms with Crippen LogP contribution in [0.3, 0.4) is 0 Å². The maximum absolute atomic E-state index is 13.3. The number of primary amides is 2. The lowest BCUT2D eigenvalue weighted by atomic mass is 10.1. The van der Waals surface area contributed by atoms with Crippen LogP contribution in [0.25, 0.3) is 0 Å². The molecule has 13 heteroatoms. The summed E-state index contributed by atoms with van der Waals surface area (Å²) in [6.45, 7) is 0.626. The van der Waals surface area contributed by atoms with E-state index in [-0.39, 0.29) is 25.7 Å². The molecule has 0 aliphatic carbocycles. The van der Waals surface area contributed by atoms with E-state index in [1.165, 1.54) is 9.80 Å². The Bertz CT molecular complexity index is 804. The van der Waals surface area contributed by atoms with Crippen molar-refractivity contribution in [1.82, 2.24) is 15.1 Å². The number of nitrogens with zero attached hydrogens (tertiary/aromatic N) is 2. The average molecular weight is 469 g/mol. The highest BCUT2D eigenvalue weighted by atomic mass is 16.4. The van der Waals surface area contributed by atoms with Crippen molar-refractivity contribution in [2.24, 2.45) is 17.2 Å². The number of rotatable bonds is 11. The molecule has 2 saturated heterocycles. The lowest BCUT2D eigenvalue weighted by molar-refractivity contribution is -0.148. The number of carbonyl (C=O) groups is 6. The molecular formula is C20H32N6O7. The molecule has 2 aliphatic heterocycles. The second-order valence-electron chi connectivity index (χ2n) is 8.40. The summed E-state index contributed by atoms with van der Waals surface area (Å²) in [7, 11) is 0. The fraction of sp³-hybridized carbons (Fsp3) is 0.700. The van der Waals surface area contributed by atoms with E-state index in [2.05, 4.69) is 5.32 Å². The number of aliphatic carboxylic acids is 1. The number of carbonyl (C=O) groups excluding carboxylic acids is 5. The van der Waals surface area contributed by atoms with Gasteiger partial charge in [-0.05, 0) is 38.5 Å². The van der Waals surface area contributed by atoms with E-state index >= 15 is 0 Å². The van der Waals surface area contributed by atoms with E-state index in [0.29, 0.717) is 38.8 Å². The van der Waals surface area contributed by atoms with Crippen molar-refractivity contribution in [3.8, 4) is 0 Å². The highest BCUT2D eigenvalue weighted by Gasteiger charge is 2.43. The largest absolute Gasteiger partial charge is 0.480 e. The lowest BCUT2D eigenvalue weighted by Crippen LogP contribution is -2.56. The van der Waals surface area contributed by atoms with Gasteiger partial charge in [-0.2, -0.15) is 0 Å². The molecule has 4 atom stereocenters. The normalized spacial score (nSPS) is 22.0. The first-order valence-corrected chi connectivity index (χ1v) is 11.0. The topological polar surface area (TPSA) is 219 Å². The summed E-state index contributed by atoms with van der Waals surface area (Å²) in [5.74, 6) is -4.05. The Morgan fingerprint density at radius 2 is 1.42 bits per heavy atom. The maximum Gasteiger partial charge on any atom is 0.326 e. The lowest BCUT2D eigenvalue weighted by Gasteiger charge is -2.32. The molecule has 0 aromatic heterocycles. The minimum atomic E-state index is -1.31. The van der Waals surface area contributed by atoms with Crippen molar-refractivity contribution < 1.29 is 33.9 Å². The Kier molecular flexibility index (Phi) is 9.14. The van der Waals surface area contributed by atoms with E-state index < -0.39 is 59.7 Å².